The molecular formula is C16H13FN2O3. The number of aromatic nitrogens is 1. The predicted molar refractivity (Wildman–Crippen MR) is 79.1 cm³/mol. The van der Waals surface area contributed by atoms with Crippen LogP contribution in [-0.4, -0.2) is 16.1 Å². The molecule has 0 spiro atoms. The summed E-state index contributed by atoms with van der Waals surface area (Å²) >= 11 is 0. The van der Waals surface area contributed by atoms with E-state index in [-0.39, 0.29) is 11.7 Å². The molecule has 0 saturated carbocycles. The first kappa shape index (κ1) is 14.1. The van der Waals surface area contributed by atoms with Crippen molar-refractivity contribution in [3.63, 3.8) is 0 Å². The standard InChI is InChI=1S/C16H13FN2O3/c17-12-3-6-14-11(7-12)8-15(19-14)16(20)18-9-10-1-4-13(22-21)5-2-10/h1-8,19,21H,9H2,(H,18,20). The normalized spacial score (nSPS) is 10.6. The van der Waals surface area contributed by atoms with Gasteiger partial charge in [-0.05, 0) is 42.0 Å². The average molecular weight is 300 g/mol. The summed E-state index contributed by atoms with van der Waals surface area (Å²) in [7, 11) is 0. The number of aromatic amines is 1. The molecule has 1 aromatic heterocycles. The molecule has 0 fully saturated rings. The number of hydrogen-bond donors (Lipinski definition) is 3. The Morgan fingerprint density at radius 3 is 2.68 bits per heavy atom. The third kappa shape index (κ3) is 2.91. The fourth-order valence-corrected chi connectivity index (χ4v) is 2.17. The highest BCUT2D eigenvalue weighted by Gasteiger charge is 2.09. The van der Waals surface area contributed by atoms with E-state index in [2.05, 4.69) is 15.2 Å². The van der Waals surface area contributed by atoms with Gasteiger partial charge in [0.05, 0.1) is 0 Å². The summed E-state index contributed by atoms with van der Waals surface area (Å²) < 4.78 is 13.1. The van der Waals surface area contributed by atoms with Crippen molar-refractivity contribution in [2.45, 2.75) is 6.54 Å². The second-order valence-electron chi connectivity index (χ2n) is 4.83. The van der Waals surface area contributed by atoms with Crippen molar-refractivity contribution >= 4 is 16.8 Å². The SMILES string of the molecule is O=C(NCc1ccc(OO)cc1)c1cc2cc(F)ccc2[nH]1. The Hall–Kier alpha value is -2.86. The molecule has 2 aromatic carbocycles. The lowest BCUT2D eigenvalue weighted by Gasteiger charge is -2.04. The lowest BCUT2D eigenvalue weighted by atomic mass is 10.2. The van der Waals surface area contributed by atoms with Gasteiger partial charge in [0, 0.05) is 17.4 Å². The van der Waals surface area contributed by atoms with Crippen LogP contribution in [0.3, 0.4) is 0 Å². The Labute approximate surface area is 125 Å². The van der Waals surface area contributed by atoms with Crippen LogP contribution in [0.25, 0.3) is 10.9 Å². The highest BCUT2D eigenvalue weighted by atomic mass is 19.1. The number of H-pyrrole nitrogens is 1. The van der Waals surface area contributed by atoms with Crippen LogP contribution in [0.15, 0.2) is 48.5 Å². The van der Waals surface area contributed by atoms with Gasteiger partial charge in [0.15, 0.2) is 5.75 Å². The molecule has 0 aliphatic carbocycles. The molecule has 3 rings (SSSR count). The van der Waals surface area contributed by atoms with E-state index in [0.717, 1.165) is 5.56 Å². The van der Waals surface area contributed by atoms with Gasteiger partial charge in [-0.2, -0.15) is 0 Å². The first-order valence-electron chi connectivity index (χ1n) is 6.62. The maximum Gasteiger partial charge on any atom is 0.267 e. The van der Waals surface area contributed by atoms with Gasteiger partial charge in [0.2, 0.25) is 0 Å². The number of nitrogens with one attached hydrogen (secondary N) is 2. The van der Waals surface area contributed by atoms with Crippen LogP contribution in [0.2, 0.25) is 0 Å². The van der Waals surface area contributed by atoms with Crippen LogP contribution in [-0.2, 0) is 6.54 Å². The van der Waals surface area contributed by atoms with E-state index >= 15 is 0 Å². The van der Waals surface area contributed by atoms with Crippen molar-refractivity contribution in [2.24, 2.45) is 0 Å². The van der Waals surface area contributed by atoms with Gasteiger partial charge < -0.3 is 15.2 Å². The van der Waals surface area contributed by atoms with E-state index in [9.17, 15) is 9.18 Å². The number of amides is 1. The number of carbonyl (C=O) groups is 1. The van der Waals surface area contributed by atoms with E-state index in [1.54, 1.807) is 36.4 Å². The van der Waals surface area contributed by atoms with Gasteiger partial charge in [0.25, 0.3) is 5.91 Å². The van der Waals surface area contributed by atoms with Gasteiger partial charge in [-0.1, -0.05) is 12.1 Å². The van der Waals surface area contributed by atoms with Crippen molar-refractivity contribution in [1.29, 1.82) is 0 Å². The predicted octanol–water partition coefficient (Wildman–Crippen LogP) is 3.09. The van der Waals surface area contributed by atoms with Crippen LogP contribution >= 0.6 is 0 Å². The fraction of sp³-hybridized carbons (Fsp3) is 0.0625. The zero-order valence-corrected chi connectivity index (χ0v) is 11.5. The molecule has 3 aromatic rings. The van der Waals surface area contributed by atoms with Crippen molar-refractivity contribution < 1.29 is 19.3 Å². The van der Waals surface area contributed by atoms with Crippen molar-refractivity contribution in [1.82, 2.24) is 10.3 Å². The topological polar surface area (TPSA) is 74.3 Å². The van der Waals surface area contributed by atoms with Crippen LogP contribution < -0.4 is 10.2 Å². The van der Waals surface area contributed by atoms with Gasteiger partial charge in [-0.25, -0.2) is 9.65 Å². The number of hydrogen-bond acceptors (Lipinski definition) is 3. The van der Waals surface area contributed by atoms with Crippen molar-refractivity contribution in [2.75, 3.05) is 0 Å². The molecule has 0 saturated heterocycles. The molecular weight excluding hydrogens is 287 g/mol. The molecule has 0 aliphatic heterocycles. The molecule has 0 bridgehead atoms. The van der Waals surface area contributed by atoms with Crippen LogP contribution in [0.4, 0.5) is 4.39 Å². The van der Waals surface area contributed by atoms with Crippen LogP contribution in [0.1, 0.15) is 16.1 Å². The number of carbonyl (C=O) groups excluding carboxylic acids is 1. The quantitative estimate of drug-likeness (QED) is 0.512. The Bertz CT molecular complexity index is 812. The monoisotopic (exact) mass is 300 g/mol. The van der Waals surface area contributed by atoms with Gasteiger partial charge >= 0.3 is 0 Å². The van der Waals surface area contributed by atoms with Crippen LogP contribution in [0.5, 0.6) is 5.75 Å². The Kier molecular flexibility index (Phi) is 3.76. The lowest BCUT2D eigenvalue weighted by molar-refractivity contribution is -0.137. The maximum absolute atomic E-state index is 13.1. The Balaban J connectivity index is 1.69. The summed E-state index contributed by atoms with van der Waals surface area (Å²) in [5.41, 5.74) is 1.93. The number of rotatable bonds is 4. The van der Waals surface area contributed by atoms with Gasteiger partial charge in [-0.3, -0.25) is 4.79 Å². The van der Waals surface area contributed by atoms with Crippen molar-refractivity contribution in [3.8, 4) is 5.75 Å². The number of halogens is 1. The summed E-state index contributed by atoms with van der Waals surface area (Å²) in [6.45, 7) is 0.328. The smallest absolute Gasteiger partial charge is 0.267 e. The third-order valence-electron chi connectivity index (χ3n) is 3.31. The third-order valence-corrected chi connectivity index (χ3v) is 3.31. The maximum atomic E-state index is 13.1. The van der Waals surface area contributed by atoms with E-state index in [4.69, 9.17) is 5.26 Å². The zero-order valence-electron chi connectivity index (χ0n) is 11.5. The molecule has 3 N–H and O–H groups in total. The zero-order chi connectivity index (χ0) is 15.5. The van der Waals surface area contributed by atoms with Crippen molar-refractivity contribution in [3.05, 3.63) is 65.6 Å². The van der Waals surface area contributed by atoms with E-state index in [1.807, 2.05) is 0 Å². The van der Waals surface area contributed by atoms with E-state index < -0.39 is 0 Å². The number of fused-ring (bicyclic) bond motifs is 1. The molecule has 0 aliphatic rings. The second-order valence-corrected chi connectivity index (χ2v) is 4.83. The molecule has 1 amide bonds. The molecule has 0 atom stereocenters. The molecule has 112 valence electrons. The Morgan fingerprint density at radius 2 is 1.95 bits per heavy atom. The largest absolute Gasteiger partial charge is 0.351 e. The van der Waals surface area contributed by atoms with E-state index in [1.165, 1.54) is 12.1 Å². The molecule has 22 heavy (non-hydrogen) atoms. The molecule has 1 heterocycles. The lowest BCUT2D eigenvalue weighted by Crippen LogP contribution is -2.22. The highest BCUT2D eigenvalue weighted by Crippen LogP contribution is 2.17. The average Bonchev–Trinajstić information content (AvgIpc) is 2.96. The molecule has 6 heteroatoms. The van der Waals surface area contributed by atoms with Gasteiger partial charge in [0.1, 0.15) is 11.5 Å². The summed E-state index contributed by atoms with van der Waals surface area (Å²) in [5, 5.41) is 11.9. The molecule has 0 unspecified atom stereocenters. The van der Waals surface area contributed by atoms with E-state index in [0.29, 0.717) is 28.9 Å². The Morgan fingerprint density at radius 1 is 1.18 bits per heavy atom. The summed E-state index contributed by atoms with van der Waals surface area (Å²) in [6, 6.07) is 12.5. The molecule has 0 radical (unpaired) electrons. The van der Waals surface area contributed by atoms with Gasteiger partial charge in [-0.15, -0.1) is 0 Å². The molecule has 5 nitrogen and oxygen atoms in total. The summed E-state index contributed by atoms with van der Waals surface area (Å²) in [5.74, 6) is -0.295. The number of benzene rings is 2. The van der Waals surface area contributed by atoms with Crippen LogP contribution in [0, 0.1) is 5.82 Å². The fourth-order valence-electron chi connectivity index (χ4n) is 2.17. The second kappa shape index (κ2) is 5.87. The summed E-state index contributed by atoms with van der Waals surface area (Å²) in [6.07, 6.45) is 0. The highest BCUT2D eigenvalue weighted by molar-refractivity contribution is 5.97. The minimum Gasteiger partial charge on any atom is -0.351 e. The first-order valence-corrected chi connectivity index (χ1v) is 6.62. The summed E-state index contributed by atoms with van der Waals surface area (Å²) in [4.78, 5) is 19.1. The minimum absolute atomic E-state index is 0.279. The first-order chi connectivity index (χ1) is 10.7. The minimum atomic E-state index is -0.343.